The first-order valence-corrected chi connectivity index (χ1v) is 10.6. The molecule has 1 aliphatic heterocycles. The zero-order valence-electron chi connectivity index (χ0n) is 16.0. The number of piperazine rings is 1. The third kappa shape index (κ3) is 3.82. The molecular weight excluding hydrogens is 419 g/mol. The van der Waals surface area contributed by atoms with E-state index in [9.17, 15) is 21.6 Å². The Morgan fingerprint density at radius 1 is 1.00 bits per heavy atom. The Morgan fingerprint density at radius 2 is 1.70 bits per heavy atom. The van der Waals surface area contributed by atoms with E-state index in [1.54, 1.807) is 29.2 Å². The molecule has 0 radical (unpaired) electrons. The van der Waals surface area contributed by atoms with E-state index in [1.165, 1.54) is 23.5 Å². The molecule has 0 saturated carbocycles. The highest BCUT2D eigenvalue weighted by atomic mass is 32.2. The summed E-state index contributed by atoms with van der Waals surface area (Å²) in [6.07, 6.45) is -3.04. The van der Waals surface area contributed by atoms with Crippen molar-refractivity contribution in [3.8, 4) is 0 Å². The van der Waals surface area contributed by atoms with Gasteiger partial charge in [0.05, 0.1) is 5.52 Å². The molecule has 1 saturated heterocycles. The summed E-state index contributed by atoms with van der Waals surface area (Å²) >= 11 is 0. The van der Waals surface area contributed by atoms with E-state index in [4.69, 9.17) is 0 Å². The lowest BCUT2D eigenvalue weighted by atomic mass is 10.2. The molecule has 1 fully saturated rings. The number of hydrogen-bond acceptors (Lipinski definition) is 6. The minimum absolute atomic E-state index is 0.0108. The number of nitrogens with zero attached hydrogens (tertiary/aromatic N) is 5. The van der Waals surface area contributed by atoms with Crippen LogP contribution in [-0.4, -0.2) is 53.9 Å². The van der Waals surface area contributed by atoms with Crippen molar-refractivity contribution in [1.82, 2.24) is 19.3 Å². The second kappa shape index (κ2) is 7.47. The zero-order chi connectivity index (χ0) is 21.5. The molecule has 2 aromatic heterocycles. The Labute approximate surface area is 171 Å². The van der Waals surface area contributed by atoms with Crippen LogP contribution in [0, 0.1) is 6.92 Å². The summed E-state index contributed by atoms with van der Waals surface area (Å²) in [5, 5.41) is 0.716. The van der Waals surface area contributed by atoms with E-state index in [0.29, 0.717) is 10.9 Å². The van der Waals surface area contributed by atoms with E-state index in [0.717, 1.165) is 6.07 Å². The SMILES string of the molecule is Cc1nc(N2CCN(S(=O)(=O)c3cccc4cccnc34)CC2)cc(C(F)(F)F)n1. The van der Waals surface area contributed by atoms with Gasteiger partial charge in [-0.05, 0) is 19.1 Å². The van der Waals surface area contributed by atoms with Gasteiger partial charge < -0.3 is 4.90 Å². The van der Waals surface area contributed by atoms with Crippen LogP contribution in [-0.2, 0) is 16.2 Å². The average molecular weight is 437 g/mol. The molecule has 0 bridgehead atoms. The summed E-state index contributed by atoms with van der Waals surface area (Å²) in [5.74, 6) is 0.149. The van der Waals surface area contributed by atoms with Gasteiger partial charge in [0.25, 0.3) is 0 Å². The number of benzene rings is 1. The number of anilines is 1. The molecule has 0 aliphatic carbocycles. The average Bonchev–Trinajstić information content (AvgIpc) is 2.72. The monoisotopic (exact) mass is 437 g/mol. The highest BCUT2D eigenvalue weighted by Gasteiger charge is 2.35. The quantitative estimate of drug-likeness (QED) is 0.627. The van der Waals surface area contributed by atoms with Crippen molar-refractivity contribution in [2.45, 2.75) is 18.0 Å². The lowest BCUT2D eigenvalue weighted by molar-refractivity contribution is -0.141. The number of sulfonamides is 1. The van der Waals surface area contributed by atoms with E-state index >= 15 is 0 Å². The Bertz CT molecular complexity index is 1190. The number of alkyl halides is 3. The van der Waals surface area contributed by atoms with Crippen molar-refractivity contribution in [1.29, 1.82) is 0 Å². The Balaban J connectivity index is 1.57. The summed E-state index contributed by atoms with van der Waals surface area (Å²) in [4.78, 5) is 13.5. The van der Waals surface area contributed by atoms with Crippen molar-refractivity contribution in [2.24, 2.45) is 0 Å². The minimum atomic E-state index is -4.57. The third-order valence-corrected chi connectivity index (χ3v) is 6.82. The number of para-hydroxylation sites is 1. The number of hydrogen-bond donors (Lipinski definition) is 0. The highest BCUT2D eigenvalue weighted by molar-refractivity contribution is 7.89. The zero-order valence-corrected chi connectivity index (χ0v) is 16.8. The van der Waals surface area contributed by atoms with Crippen LogP contribution in [0.3, 0.4) is 0 Å². The summed E-state index contributed by atoms with van der Waals surface area (Å²) in [7, 11) is -3.80. The smallest absolute Gasteiger partial charge is 0.354 e. The van der Waals surface area contributed by atoms with Gasteiger partial charge >= 0.3 is 6.18 Å². The molecule has 3 aromatic rings. The maximum absolute atomic E-state index is 13.2. The molecule has 3 heterocycles. The molecular formula is C19H18F3N5O2S. The van der Waals surface area contributed by atoms with Crippen LogP contribution in [0.2, 0.25) is 0 Å². The first-order chi connectivity index (χ1) is 14.2. The first kappa shape index (κ1) is 20.5. The largest absolute Gasteiger partial charge is 0.433 e. The van der Waals surface area contributed by atoms with Crippen LogP contribution >= 0.6 is 0 Å². The van der Waals surface area contributed by atoms with Gasteiger partial charge in [-0.25, -0.2) is 18.4 Å². The highest BCUT2D eigenvalue weighted by Crippen LogP contribution is 2.30. The Morgan fingerprint density at radius 3 is 2.40 bits per heavy atom. The maximum Gasteiger partial charge on any atom is 0.433 e. The van der Waals surface area contributed by atoms with Crippen molar-refractivity contribution in [3.05, 3.63) is 54.1 Å². The summed E-state index contributed by atoms with van der Waals surface area (Å²) in [5.41, 5.74) is -0.620. The van der Waals surface area contributed by atoms with E-state index in [-0.39, 0.29) is 42.7 Å². The summed E-state index contributed by atoms with van der Waals surface area (Å²) < 4.78 is 66.8. The van der Waals surface area contributed by atoms with Gasteiger partial charge in [-0.2, -0.15) is 17.5 Å². The molecule has 30 heavy (non-hydrogen) atoms. The van der Waals surface area contributed by atoms with Crippen LogP contribution in [0.4, 0.5) is 19.0 Å². The number of aryl methyl sites for hydroxylation is 1. The molecule has 0 unspecified atom stereocenters. The van der Waals surface area contributed by atoms with Crippen molar-refractivity contribution in [3.63, 3.8) is 0 Å². The molecule has 0 atom stereocenters. The summed E-state index contributed by atoms with van der Waals surface area (Å²) in [6, 6.07) is 9.38. The van der Waals surface area contributed by atoms with E-state index in [2.05, 4.69) is 15.0 Å². The van der Waals surface area contributed by atoms with Gasteiger partial charge in [-0.15, -0.1) is 0 Å². The maximum atomic E-state index is 13.2. The van der Waals surface area contributed by atoms with Crippen LogP contribution < -0.4 is 4.90 Å². The fourth-order valence-corrected chi connectivity index (χ4v) is 5.03. The molecule has 1 aromatic carbocycles. The Hall–Kier alpha value is -2.79. The van der Waals surface area contributed by atoms with Crippen LogP contribution in [0.1, 0.15) is 11.5 Å². The number of pyridine rings is 1. The molecule has 11 heteroatoms. The molecule has 0 amide bonds. The predicted molar refractivity (Wildman–Crippen MR) is 104 cm³/mol. The standard InChI is InChI=1S/C19H18F3N5O2S/c1-13-24-16(19(20,21)22)12-17(25-13)26-8-10-27(11-9-26)30(28,29)15-6-2-4-14-5-3-7-23-18(14)15/h2-7,12H,8-11H2,1H3. The van der Waals surface area contributed by atoms with Gasteiger partial charge in [-0.1, -0.05) is 18.2 Å². The van der Waals surface area contributed by atoms with Gasteiger partial charge in [-0.3, -0.25) is 4.98 Å². The molecule has 158 valence electrons. The van der Waals surface area contributed by atoms with Crippen molar-refractivity contribution >= 4 is 26.7 Å². The van der Waals surface area contributed by atoms with E-state index in [1.807, 2.05) is 0 Å². The van der Waals surface area contributed by atoms with Crippen molar-refractivity contribution < 1.29 is 21.6 Å². The predicted octanol–water partition coefficient (Wildman–Crippen LogP) is 2.86. The van der Waals surface area contributed by atoms with Gasteiger partial charge in [0.15, 0.2) is 0 Å². The van der Waals surface area contributed by atoms with Gasteiger partial charge in [0, 0.05) is 43.8 Å². The second-order valence-electron chi connectivity index (χ2n) is 6.88. The van der Waals surface area contributed by atoms with Gasteiger partial charge in [0.2, 0.25) is 10.0 Å². The summed E-state index contributed by atoms with van der Waals surface area (Å²) in [6.45, 7) is 2.06. The second-order valence-corrected chi connectivity index (χ2v) is 8.79. The topological polar surface area (TPSA) is 79.3 Å². The number of halogens is 3. The van der Waals surface area contributed by atoms with Gasteiger partial charge in [0.1, 0.15) is 22.2 Å². The molecule has 0 N–H and O–H groups in total. The lowest BCUT2D eigenvalue weighted by Crippen LogP contribution is -2.49. The van der Waals surface area contributed by atoms with Crippen LogP contribution in [0.5, 0.6) is 0 Å². The minimum Gasteiger partial charge on any atom is -0.354 e. The molecule has 4 rings (SSSR count). The third-order valence-electron chi connectivity index (χ3n) is 4.89. The number of aromatic nitrogens is 3. The normalized spacial score (nSPS) is 16.2. The van der Waals surface area contributed by atoms with Crippen LogP contribution in [0.15, 0.2) is 47.5 Å². The number of rotatable bonds is 3. The molecule has 1 aliphatic rings. The first-order valence-electron chi connectivity index (χ1n) is 9.18. The van der Waals surface area contributed by atoms with Crippen LogP contribution in [0.25, 0.3) is 10.9 Å². The molecule has 7 nitrogen and oxygen atoms in total. The lowest BCUT2D eigenvalue weighted by Gasteiger charge is -2.35. The number of fused-ring (bicyclic) bond motifs is 1. The Kier molecular flexibility index (Phi) is 5.10. The van der Waals surface area contributed by atoms with E-state index < -0.39 is 21.9 Å². The van der Waals surface area contributed by atoms with Crippen molar-refractivity contribution in [2.75, 3.05) is 31.1 Å². The fourth-order valence-electron chi connectivity index (χ4n) is 3.44. The fraction of sp³-hybridized carbons (Fsp3) is 0.316. The molecule has 0 spiro atoms.